The van der Waals surface area contributed by atoms with E-state index in [9.17, 15) is 9.59 Å². The number of carbonyl (C=O) groups is 2. The Morgan fingerprint density at radius 3 is 1.75 bits per heavy atom. The fraction of sp³-hybridized carbons (Fsp3) is 0. The van der Waals surface area contributed by atoms with Crippen LogP contribution in [-0.2, 0) is 9.59 Å². The molecule has 0 atom stereocenters. The van der Waals surface area contributed by atoms with E-state index in [-0.39, 0.29) is 5.75 Å². The van der Waals surface area contributed by atoms with Crippen molar-refractivity contribution in [2.75, 3.05) is 0 Å². The second kappa shape index (κ2) is 7.47. The van der Waals surface area contributed by atoms with Crippen LogP contribution in [0.2, 0.25) is 0 Å². The average Bonchev–Trinajstić information content (AvgIpc) is 2.20. The van der Waals surface area contributed by atoms with E-state index in [1.54, 1.807) is 18.2 Å². The van der Waals surface area contributed by atoms with Crippen LogP contribution in [-0.4, -0.2) is 27.3 Å². The van der Waals surface area contributed by atoms with Crippen LogP contribution in [0.25, 0.3) is 0 Å². The second-order valence-corrected chi connectivity index (χ2v) is 3.32. The fourth-order valence-electron chi connectivity index (χ4n) is 0.594. The largest absolute Gasteiger partial charge is 0.507 e. The molecule has 5 nitrogen and oxygen atoms in total. The second-order valence-electron chi connectivity index (χ2n) is 2.46. The molecule has 0 unspecified atom stereocenters. The summed E-state index contributed by atoms with van der Waals surface area (Å²) < 4.78 is 0.736. The number of carboxylic acids is 2. The van der Waals surface area contributed by atoms with Gasteiger partial charge in [0, 0.05) is 12.2 Å². The van der Waals surface area contributed by atoms with Gasteiger partial charge in [0.05, 0.1) is 4.47 Å². The van der Waals surface area contributed by atoms with Gasteiger partial charge in [0.15, 0.2) is 0 Å². The van der Waals surface area contributed by atoms with E-state index >= 15 is 0 Å². The van der Waals surface area contributed by atoms with Crippen LogP contribution < -0.4 is 0 Å². The van der Waals surface area contributed by atoms with Crippen LogP contribution in [0, 0.1) is 0 Å². The smallest absolute Gasteiger partial charge is 0.328 e. The summed E-state index contributed by atoms with van der Waals surface area (Å²) in [6, 6.07) is 7.04. The summed E-state index contributed by atoms with van der Waals surface area (Å²) in [5.41, 5.74) is 0. The molecule has 16 heavy (non-hydrogen) atoms. The fourth-order valence-corrected chi connectivity index (χ4v) is 0.879. The normalized spacial score (nSPS) is 9.31. The summed E-state index contributed by atoms with van der Waals surface area (Å²) in [4.78, 5) is 19.1. The zero-order valence-electron chi connectivity index (χ0n) is 8.00. The minimum Gasteiger partial charge on any atom is -0.507 e. The van der Waals surface area contributed by atoms with Gasteiger partial charge < -0.3 is 15.3 Å². The molecule has 6 heteroatoms. The Balaban J connectivity index is 0.000000281. The third kappa shape index (κ3) is 7.57. The summed E-state index contributed by atoms with van der Waals surface area (Å²) >= 11 is 3.15. The molecular weight excluding hydrogens is 280 g/mol. The van der Waals surface area contributed by atoms with Gasteiger partial charge >= 0.3 is 11.9 Å². The van der Waals surface area contributed by atoms with E-state index in [4.69, 9.17) is 15.3 Å². The van der Waals surface area contributed by atoms with Crippen molar-refractivity contribution in [1.29, 1.82) is 0 Å². The molecule has 1 rings (SSSR count). The Labute approximate surface area is 99.8 Å². The standard InChI is InChI=1S/C6H5BrO.C4H4O4/c7-5-3-1-2-4-6(5)8;5-3(6)1-2-4(7)8/h1-4,8H;1-2H,(H,5,6)(H,7,8). The lowest BCUT2D eigenvalue weighted by Crippen LogP contribution is -1.91. The van der Waals surface area contributed by atoms with Crippen molar-refractivity contribution in [2.24, 2.45) is 0 Å². The predicted octanol–water partition coefficient (Wildman–Crippen LogP) is 1.87. The number of benzene rings is 1. The van der Waals surface area contributed by atoms with E-state index in [1.165, 1.54) is 0 Å². The zero-order chi connectivity index (χ0) is 12.6. The molecule has 1 aromatic rings. The van der Waals surface area contributed by atoms with Crippen molar-refractivity contribution in [1.82, 2.24) is 0 Å². The molecule has 0 bridgehead atoms. The van der Waals surface area contributed by atoms with Gasteiger partial charge in [-0.1, -0.05) is 12.1 Å². The van der Waals surface area contributed by atoms with Crippen molar-refractivity contribution >= 4 is 27.9 Å². The average molecular weight is 289 g/mol. The van der Waals surface area contributed by atoms with Crippen LogP contribution in [0.4, 0.5) is 0 Å². The number of aromatic hydroxyl groups is 1. The lowest BCUT2D eigenvalue weighted by atomic mass is 10.3. The topological polar surface area (TPSA) is 94.8 Å². The number of aliphatic carboxylic acids is 2. The first-order valence-corrected chi connectivity index (χ1v) is 4.80. The first-order valence-electron chi connectivity index (χ1n) is 4.01. The Bertz CT molecular complexity index is 363. The summed E-state index contributed by atoms with van der Waals surface area (Å²) in [6.07, 6.45) is 1.12. The molecule has 1 aromatic carbocycles. The number of halogens is 1. The number of para-hydroxylation sites is 1. The predicted molar refractivity (Wildman–Crippen MR) is 60.2 cm³/mol. The first-order chi connectivity index (χ1) is 7.43. The van der Waals surface area contributed by atoms with Crippen LogP contribution in [0.3, 0.4) is 0 Å². The van der Waals surface area contributed by atoms with Crippen molar-refractivity contribution in [3.8, 4) is 5.75 Å². The van der Waals surface area contributed by atoms with Crippen molar-refractivity contribution < 1.29 is 24.9 Å². The molecule has 0 radical (unpaired) electrons. The summed E-state index contributed by atoms with van der Waals surface area (Å²) in [6.45, 7) is 0. The number of phenols is 1. The summed E-state index contributed by atoms with van der Waals surface area (Å²) in [5.74, 6) is -2.23. The monoisotopic (exact) mass is 288 g/mol. The number of hydrogen-bond donors (Lipinski definition) is 3. The quantitative estimate of drug-likeness (QED) is 0.722. The lowest BCUT2D eigenvalue weighted by molar-refractivity contribution is -0.134. The van der Waals surface area contributed by atoms with Crippen molar-refractivity contribution in [2.45, 2.75) is 0 Å². The number of phenolic OH excluding ortho intramolecular Hbond substituents is 1. The van der Waals surface area contributed by atoms with Gasteiger partial charge in [-0.25, -0.2) is 9.59 Å². The highest BCUT2D eigenvalue weighted by atomic mass is 79.9. The Hall–Kier alpha value is -1.82. The minimum absolute atomic E-state index is 0.285. The lowest BCUT2D eigenvalue weighted by Gasteiger charge is -1.90. The molecule has 86 valence electrons. The molecule has 0 saturated carbocycles. The van der Waals surface area contributed by atoms with Crippen LogP contribution in [0.5, 0.6) is 5.75 Å². The van der Waals surface area contributed by atoms with E-state index in [1.807, 2.05) is 6.07 Å². The molecule has 0 aliphatic heterocycles. The molecule has 0 aliphatic carbocycles. The van der Waals surface area contributed by atoms with Gasteiger partial charge in [-0.3, -0.25) is 0 Å². The number of hydrogen-bond acceptors (Lipinski definition) is 3. The maximum absolute atomic E-state index is 9.55. The van der Waals surface area contributed by atoms with E-state index < -0.39 is 11.9 Å². The van der Waals surface area contributed by atoms with Crippen LogP contribution in [0.1, 0.15) is 0 Å². The van der Waals surface area contributed by atoms with E-state index in [0.717, 1.165) is 4.47 Å². The summed E-state index contributed by atoms with van der Waals surface area (Å²) in [5, 5.41) is 24.5. The first kappa shape index (κ1) is 14.2. The molecule has 0 heterocycles. The van der Waals surface area contributed by atoms with Crippen LogP contribution in [0.15, 0.2) is 40.9 Å². The van der Waals surface area contributed by atoms with Crippen molar-refractivity contribution in [3.05, 3.63) is 40.9 Å². The molecule has 3 N–H and O–H groups in total. The van der Waals surface area contributed by atoms with Crippen LogP contribution >= 0.6 is 15.9 Å². The van der Waals surface area contributed by atoms with Crippen molar-refractivity contribution in [3.63, 3.8) is 0 Å². The maximum Gasteiger partial charge on any atom is 0.328 e. The van der Waals surface area contributed by atoms with Gasteiger partial charge in [-0.2, -0.15) is 0 Å². The minimum atomic E-state index is -1.26. The molecule has 0 fully saturated rings. The Kier molecular flexibility index (Phi) is 6.62. The highest BCUT2D eigenvalue weighted by Gasteiger charge is 1.89. The maximum atomic E-state index is 9.55. The van der Waals surface area contributed by atoms with E-state index in [0.29, 0.717) is 12.2 Å². The highest BCUT2D eigenvalue weighted by Crippen LogP contribution is 2.21. The molecule has 0 spiro atoms. The SMILES string of the molecule is O=C(O)C=CC(=O)O.Oc1ccccc1Br. The number of carboxylic acid groups (broad SMARTS) is 2. The highest BCUT2D eigenvalue weighted by molar-refractivity contribution is 9.10. The molecule has 0 aromatic heterocycles. The Morgan fingerprint density at radius 2 is 1.50 bits per heavy atom. The zero-order valence-corrected chi connectivity index (χ0v) is 9.59. The Morgan fingerprint density at radius 1 is 1.06 bits per heavy atom. The third-order valence-electron chi connectivity index (χ3n) is 1.22. The molecule has 0 amide bonds. The van der Waals surface area contributed by atoms with E-state index in [2.05, 4.69) is 15.9 Å². The summed E-state index contributed by atoms with van der Waals surface area (Å²) in [7, 11) is 0. The molecule has 0 saturated heterocycles. The third-order valence-corrected chi connectivity index (χ3v) is 1.89. The molecule has 0 aliphatic rings. The van der Waals surface area contributed by atoms with Gasteiger partial charge in [-0.05, 0) is 28.1 Å². The van der Waals surface area contributed by atoms with Gasteiger partial charge in [-0.15, -0.1) is 0 Å². The van der Waals surface area contributed by atoms with Gasteiger partial charge in [0.2, 0.25) is 0 Å². The number of rotatable bonds is 2. The van der Waals surface area contributed by atoms with Gasteiger partial charge in [0.1, 0.15) is 5.75 Å². The van der Waals surface area contributed by atoms with Gasteiger partial charge in [0.25, 0.3) is 0 Å². The molecular formula is C10H9BrO5.